The second-order valence-electron chi connectivity index (χ2n) is 4.02. The molecular formula is C12H14ClN3O. The number of hydrogen-bond acceptors (Lipinski definition) is 3. The van der Waals surface area contributed by atoms with Gasteiger partial charge >= 0.3 is 0 Å². The van der Waals surface area contributed by atoms with Gasteiger partial charge in [0.15, 0.2) is 0 Å². The molecule has 0 aromatic heterocycles. The van der Waals surface area contributed by atoms with Crippen LogP contribution in [0, 0.1) is 5.92 Å². The van der Waals surface area contributed by atoms with Gasteiger partial charge in [-0.05, 0) is 18.6 Å². The van der Waals surface area contributed by atoms with Crippen LogP contribution >= 0.6 is 11.6 Å². The lowest BCUT2D eigenvalue weighted by atomic mass is 10.1. The summed E-state index contributed by atoms with van der Waals surface area (Å²) in [6, 6.07) is 7.43. The molecule has 17 heavy (non-hydrogen) atoms. The van der Waals surface area contributed by atoms with Crippen molar-refractivity contribution >= 4 is 23.2 Å². The van der Waals surface area contributed by atoms with E-state index in [1.54, 1.807) is 6.07 Å². The van der Waals surface area contributed by atoms with Crippen molar-refractivity contribution in [2.75, 3.05) is 6.54 Å². The number of halogens is 1. The average Bonchev–Trinajstić information content (AvgIpc) is 2.57. The molecule has 1 heterocycles. The van der Waals surface area contributed by atoms with E-state index in [1.165, 1.54) is 5.01 Å². The first-order chi connectivity index (χ1) is 8.13. The molecule has 1 unspecified atom stereocenters. The smallest absolute Gasteiger partial charge is 0.253 e. The monoisotopic (exact) mass is 251 g/mol. The minimum atomic E-state index is -0.280. The number of hydrogen-bond donors (Lipinski definition) is 1. The SMILES string of the molecule is CC1=NN(Cc2ccccc2Cl)C(=O)C1CN. The summed E-state index contributed by atoms with van der Waals surface area (Å²) in [5.74, 6) is -0.331. The molecule has 0 fully saturated rings. The van der Waals surface area contributed by atoms with E-state index in [4.69, 9.17) is 17.3 Å². The highest BCUT2D eigenvalue weighted by atomic mass is 35.5. The molecule has 4 nitrogen and oxygen atoms in total. The van der Waals surface area contributed by atoms with Crippen molar-refractivity contribution in [2.45, 2.75) is 13.5 Å². The first kappa shape index (κ1) is 12.1. The van der Waals surface area contributed by atoms with Crippen LogP contribution < -0.4 is 5.73 Å². The van der Waals surface area contributed by atoms with Gasteiger partial charge in [-0.3, -0.25) is 4.79 Å². The summed E-state index contributed by atoms with van der Waals surface area (Å²) < 4.78 is 0. The van der Waals surface area contributed by atoms with Crippen molar-refractivity contribution in [1.29, 1.82) is 0 Å². The Morgan fingerprint density at radius 3 is 2.76 bits per heavy atom. The number of nitrogens with zero attached hydrogens (tertiary/aromatic N) is 2. The first-order valence-corrected chi connectivity index (χ1v) is 5.81. The predicted molar refractivity (Wildman–Crippen MR) is 67.7 cm³/mol. The maximum atomic E-state index is 12.0. The van der Waals surface area contributed by atoms with Crippen molar-refractivity contribution in [3.8, 4) is 0 Å². The van der Waals surface area contributed by atoms with Crippen molar-refractivity contribution in [3.05, 3.63) is 34.9 Å². The van der Waals surface area contributed by atoms with Crippen LogP contribution in [-0.2, 0) is 11.3 Å². The Hall–Kier alpha value is -1.39. The minimum absolute atomic E-state index is 0.0510. The van der Waals surface area contributed by atoms with Crippen LogP contribution in [0.3, 0.4) is 0 Å². The van der Waals surface area contributed by atoms with E-state index in [9.17, 15) is 4.79 Å². The summed E-state index contributed by atoms with van der Waals surface area (Å²) in [5, 5.41) is 6.30. The van der Waals surface area contributed by atoms with E-state index in [1.807, 2.05) is 25.1 Å². The van der Waals surface area contributed by atoms with Crippen LogP contribution in [0.4, 0.5) is 0 Å². The van der Waals surface area contributed by atoms with Gasteiger partial charge in [-0.25, -0.2) is 5.01 Å². The molecule has 2 rings (SSSR count). The topological polar surface area (TPSA) is 58.7 Å². The molecule has 0 aliphatic carbocycles. The molecule has 0 saturated carbocycles. The average molecular weight is 252 g/mol. The molecule has 1 aromatic rings. The summed E-state index contributed by atoms with van der Waals surface area (Å²) >= 11 is 6.05. The molecule has 1 aliphatic heterocycles. The lowest BCUT2D eigenvalue weighted by Crippen LogP contribution is -2.31. The van der Waals surface area contributed by atoms with Gasteiger partial charge in [0, 0.05) is 17.3 Å². The standard InChI is InChI=1S/C12H14ClN3O/c1-8-10(6-14)12(17)16(15-8)7-9-4-2-3-5-11(9)13/h2-5,10H,6-7,14H2,1H3. The Labute approximate surface area is 105 Å². The lowest BCUT2D eigenvalue weighted by molar-refractivity contribution is -0.132. The highest BCUT2D eigenvalue weighted by molar-refractivity contribution is 6.31. The first-order valence-electron chi connectivity index (χ1n) is 5.43. The molecule has 1 aromatic carbocycles. The number of rotatable bonds is 3. The summed E-state index contributed by atoms with van der Waals surface area (Å²) in [6.45, 7) is 2.52. The van der Waals surface area contributed by atoms with Gasteiger partial charge in [-0.2, -0.15) is 5.10 Å². The Kier molecular flexibility index (Phi) is 3.45. The molecule has 1 aliphatic rings. The molecule has 5 heteroatoms. The maximum Gasteiger partial charge on any atom is 0.253 e. The van der Waals surface area contributed by atoms with Crippen LogP contribution in [0.15, 0.2) is 29.4 Å². The second-order valence-corrected chi connectivity index (χ2v) is 4.42. The van der Waals surface area contributed by atoms with E-state index in [0.717, 1.165) is 11.3 Å². The summed E-state index contributed by atoms with van der Waals surface area (Å²) in [4.78, 5) is 12.0. The molecule has 2 N–H and O–H groups in total. The Morgan fingerprint density at radius 1 is 1.47 bits per heavy atom. The minimum Gasteiger partial charge on any atom is -0.329 e. The molecule has 1 amide bonds. The van der Waals surface area contributed by atoms with Crippen LogP contribution in [-0.4, -0.2) is 23.2 Å². The Morgan fingerprint density at radius 2 is 2.18 bits per heavy atom. The third kappa shape index (κ3) is 2.33. The zero-order chi connectivity index (χ0) is 12.4. The number of benzene rings is 1. The molecule has 1 atom stereocenters. The fraction of sp³-hybridized carbons (Fsp3) is 0.333. The van der Waals surface area contributed by atoms with Crippen molar-refractivity contribution in [1.82, 2.24) is 5.01 Å². The van der Waals surface area contributed by atoms with E-state index >= 15 is 0 Å². The Balaban J connectivity index is 2.17. The third-order valence-electron chi connectivity index (χ3n) is 2.85. The van der Waals surface area contributed by atoms with Gasteiger partial charge in [0.1, 0.15) is 0 Å². The third-order valence-corrected chi connectivity index (χ3v) is 3.22. The number of nitrogens with two attached hydrogens (primary N) is 1. The molecule has 0 saturated heterocycles. The van der Waals surface area contributed by atoms with Crippen LogP contribution in [0.1, 0.15) is 12.5 Å². The van der Waals surface area contributed by atoms with Gasteiger partial charge in [0.05, 0.1) is 12.5 Å². The zero-order valence-electron chi connectivity index (χ0n) is 9.56. The summed E-state index contributed by atoms with van der Waals surface area (Å²) in [5.41, 5.74) is 7.20. The fourth-order valence-electron chi connectivity index (χ4n) is 1.84. The lowest BCUT2D eigenvalue weighted by Gasteiger charge is -2.14. The highest BCUT2D eigenvalue weighted by Gasteiger charge is 2.32. The predicted octanol–water partition coefficient (Wildman–Crippen LogP) is 1.63. The molecule has 90 valence electrons. The maximum absolute atomic E-state index is 12.0. The fourth-order valence-corrected chi connectivity index (χ4v) is 2.04. The summed E-state index contributed by atoms with van der Waals surface area (Å²) in [6.07, 6.45) is 0. The van der Waals surface area contributed by atoms with Gasteiger partial charge < -0.3 is 5.73 Å². The Bertz CT molecular complexity index is 473. The van der Waals surface area contributed by atoms with Gasteiger partial charge in [0.2, 0.25) is 0 Å². The summed E-state index contributed by atoms with van der Waals surface area (Å²) in [7, 11) is 0. The van der Waals surface area contributed by atoms with Crippen molar-refractivity contribution in [3.63, 3.8) is 0 Å². The number of amides is 1. The van der Waals surface area contributed by atoms with Crippen LogP contribution in [0.25, 0.3) is 0 Å². The molecular weight excluding hydrogens is 238 g/mol. The quantitative estimate of drug-likeness (QED) is 0.888. The van der Waals surface area contributed by atoms with E-state index in [0.29, 0.717) is 18.1 Å². The largest absolute Gasteiger partial charge is 0.329 e. The van der Waals surface area contributed by atoms with E-state index in [2.05, 4.69) is 5.10 Å². The number of hydrazone groups is 1. The second kappa shape index (κ2) is 4.85. The number of carbonyl (C=O) groups excluding carboxylic acids is 1. The van der Waals surface area contributed by atoms with Gasteiger partial charge in [-0.15, -0.1) is 0 Å². The van der Waals surface area contributed by atoms with E-state index < -0.39 is 0 Å². The van der Waals surface area contributed by atoms with Crippen LogP contribution in [0.5, 0.6) is 0 Å². The number of carbonyl (C=O) groups is 1. The molecule has 0 spiro atoms. The van der Waals surface area contributed by atoms with Crippen LogP contribution in [0.2, 0.25) is 5.02 Å². The van der Waals surface area contributed by atoms with Gasteiger partial charge in [0.25, 0.3) is 5.91 Å². The molecule has 0 bridgehead atoms. The van der Waals surface area contributed by atoms with E-state index in [-0.39, 0.29) is 11.8 Å². The zero-order valence-corrected chi connectivity index (χ0v) is 10.3. The molecule has 0 radical (unpaired) electrons. The van der Waals surface area contributed by atoms with Crippen molar-refractivity contribution < 1.29 is 4.79 Å². The van der Waals surface area contributed by atoms with Crippen molar-refractivity contribution in [2.24, 2.45) is 16.8 Å². The van der Waals surface area contributed by atoms with Gasteiger partial charge in [-0.1, -0.05) is 29.8 Å². The normalized spacial score (nSPS) is 19.7. The highest BCUT2D eigenvalue weighted by Crippen LogP contribution is 2.21.